The molecule has 0 fully saturated rings. The largest absolute Gasteiger partial charge is 0.292 e. The summed E-state index contributed by atoms with van der Waals surface area (Å²) in [7, 11) is 0. The minimum atomic E-state index is 0.929. The summed E-state index contributed by atoms with van der Waals surface area (Å²) in [6.07, 6.45) is 0. The van der Waals surface area contributed by atoms with E-state index in [1.54, 1.807) is 0 Å². The second-order valence-electron chi connectivity index (χ2n) is 11.8. The molecule has 0 saturated carbocycles. The number of rotatable bonds is 5. The highest BCUT2D eigenvalue weighted by Crippen LogP contribution is 2.40. The maximum atomic E-state index is 5.25. The summed E-state index contributed by atoms with van der Waals surface area (Å²) in [6.45, 7) is 0. The van der Waals surface area contributed by atoms with E-state index < -0.39 is 0 Å². The first-order valence-electron chi connectivity index (χ1n) is 15.9. The summed E-state index contributed by atoms with van der Waals surface area (Å²) < 4.78 is 2.24. The number of benzene rings is 7. The predicted molar refractivity (Wildman–Crippen MR) is 196 cm³/mol. The molecule has 0 aliphatic rings. The van der Waals surface area contributed by atoms with Crippen molar-refractivity contribution in [2.24, 2.45) is 0 Å². The van der Waals surface area contributed by atoms with Crippen molar-refractivity contribution in [1.82, 2.24) is 14.5 Å². The van der Waals surface area contributed by atoms with Gasteiger partial charge in [0.2, 0.25) is 0 Å². The molecule has 0 unspecified atom stereocenters. The third-order valence-electron chi connectivity index (χ3n) is 9.00. The van der Waals surface area contributed by atoms with Gasteiger partial charge in [0.1, 0.15) is 5.82 Å². The fourth-order valence-corrected chi connectivity index (χ4v) is 6.78. The summed E-state index contributed by atoms with van der Waals surface area (Å²) >= 11 is 0. The molecule has 0 spiro atoms. The third kappa shape index (κ3) is 4.68. The lowest BCUT2D eigenvalue weighted by atomic mass is 9.91. The highest BCUT2D eigenvalue weighted by molar-refractivity contribution is 6.17. The summed E-state index contributed by atoms with van der Waals surface area (Å²) in [5.41, 5.74) is 12.0. The lowest BCUT2D eigenvalue weighted by molar-refractivity contribution is 1.10. The smallest absolute Gasteiger partial charge is 0.145 e. The first-order chi connectivity index (χ1) is 23.3. The first-order valence-corrected chi connectivity index (χ1v) is 15.9. The van der Waals surface area contributed by atoms with Crippen LogP contribution in [0, 0.1) is 0 Å². The second-order valence-corrected chi connectivity index (χ2v) is 11.8. The zero-order valence-electron chi connectivity index (χ0n) is 25.6. The molecule has 0 aliphatic heterocycles. The average Bonchev–Trinajstić information content (AvgIpc) is 3.55. The van der Waals surface area contributed by atoms with E-state index in [2.05, 4.69) is 168 Å². The van der Waals surface area contributed by atoms with Crippen LogP contribution in [0.5, 0.6) is 0 Å². The van der Waals surface area contributed by atoms with Crippen molar-refractivity contribution in [1.29, 1.82) is 0 Å². The lowest BCUT2D eigenvalue weighted by Crippen LogP contribution is -1.97. The predicted octanol–water partition coefficient (Wildman–Crippen LogP) is 11.4. The fourth-order valence-electron chi connectivity index (χ4n) is 6.78. The third-order valence-corrected chi connectivity index (χ3v) is 9.00. The van der Waals surface area contributed by atoms with E-state index in [0.29, 0.717) is 0 Å². The van der Waals surface area contributed by atoms with Crippen LogP contribution in [-0.2, 0) is 0 Å². The fraction of sp³-hybridized carbons (Fsp3) is 0. The highest BCUT2D eigenvalue weighted by atomic mass is 15.1. The normalized spacial score (nSPS) is 11.4. The highest BCUT2D eigenvalue weighted by Gasteiger charge is 2.17. The van der Waals surface area contributed by atoms with E-state index in [1.807, 2.05) is 12.1 Å². The molecule has 0 N–H and O–H groups in total. The van der Waals surface area contributed by atoms with Crippen LogP contribution in [0.2, 0.25) is 0 Å². The van der Waals surface area contributed by atoms with E-state index in [-0.39, 0.29) is 0 Å². The van der Waals surface area contributed by atoms with Crippen molar-refractivity contribution in [3.63, 3.8) is 0 Å². The Kier molecular flexibility index (Phi) is 6.46. The standard InChI is InChI=1S/C44H29N3/c1-4-13-31(14-5-1)36-19-12-20-37-42(36)38-29-34(27-28-39(38)45-43(37)32-15-6-2-7-16-32)30-23-25-33(26-24-30)44-46-40-21-10-11-22-41(40)47(44)35-17-8-3-9-18-35/h1-29H. The molecule has 220 valence electrons. The minimum Gasteiger partial charge on any atom is -0.292 e. The van der Waals surface area contributed by atoms with Gasteiger partial charge < -0.3 is 0 Å². The van der Waals surface area contributed by atoms with E-state index in [9.17, 15) is 0 Å². The van der Waals surface area contributed by atoms with Crippen LogP contribution in [0.25, 0.3) is 83.3 Å². The lowest BCUT2D eigenvalue weighted by Gasteiger charge is -2.15. The van der Waals surface area contributed by atoms with Crippen molar-refractivity contribution in [3.8, 4) is 50.6 Å². The molecule has 2 heterocycles. The van der Waals surface area contributed by atoms with Crippen LogP contribution in [0.1, 0.15) is 0 Å². The molecule has 0 amide bonds. The van der Waals surface area contributed by atoms with Gasteiger partial charge in [-0.2, -0.15) is 0 Å². The summed E-state index contributed by atoms with van der Waals surface area (Å²) in [4.78, 5) is 10.3. The molecule has 9 rings (SSSR count). The quantitative estimate of drug-likeness (QED) is 0.184. The van der Waals surface area contributed by atoms with Crippen molar-refractivity contribution < 1.29 is 0 Å². The number of hydrogen-bond acceptors (Lipinski definition) is 2. The van der Waals surface area contributed by atoms with E-state index >= 15 is 0 Å². The molecular weight excluding hydrogens is 571 g/mol. The number of imidazole rings is 1. The Labute approximate surface area is 273 Å². The topological polar surface area (TPSA) is 30.7 Å². The van der Waals surface area contributed by atoms with Gasteiger partial charge in [0, 0.05) is 33.0 Å². The Bertz CT molecular complexity index is 2530. The van der Waals surface area contributed by atoms with Crippen LogP contribution in [0.15, 0.2) is 176 Å². The maximum absolute atomic E-state index is 5.25. The molecule has 0 bridgehead atoms. The van der Waals surface area contributed by atoms with E-state index in [0.717, 1.165) is 66.8 Å². The van der Waals surface area contributed by atoms with Crippen molar-refractivity contribution in [2.75, 3.05) is 0 Å². The number of nitrogens with zero attached hydrogens (tertiary/aromatic N) is 3. The average molecular weight is 600 g/mol. The molecule has 7 aromatic carbocycles. The number of fused-ring (bicyclic) bond motifs is 4. The Morgan fingerprint density at radius 3 is 1.79 bits per heavy atom. The number of aromatic nitrogens is 3. The molecule has 47 heavy (non-hydrogen) atoms. The molecule has 3 heteroatoms. The monoisotopic (exact) mass is 599 g/mol. The van der Waals surface area contributed by atoms with Gasteiger partial charge in [-0.1, -0.05) is 140 Å². The van der Waals surface area contributed by atoms with Crippen LogP contribution in [0.4, 0.5) is 0 Å². The second kappa shape index (κ2) is 11.2. The van der Waals surface area contributed by atoms with Gasteiger partial charge >= 0.3 is 0 Å². The SMILES string of the molecule is c1ccc(-c2nc3ccc(-c4ccc(-c5nc6ccccc6n5-c5ccccc5)cc4)cc3c3c(-c4ccccc4)cccc23)cc1. The number of para-hydroxylation sites is 3. The van der Waals surface area contributed by atoms with Crippen LogP contribution in [-0.4, -0.2) is 14.5 Å². The minimum absolute atomic E-state index is 0.929. The van der Waals surface area contributed by atoms with E-state index in [1.165, 1.54) is 16.5 Å². The van der Waals surface area contributed by atoms with Crippen molar-refractivity contribution in [3.05, 3.63) is 176 Å². The van der Waals surface area contributed by atoms with Gasteiger partial charge in [0.05, 0.1) is 22.2 Å². The molecule has 9 aromatic rings. The van der Waals surface area contributed by atoms with Gasteiger partial charge in [-0.15, -0.1) is 0 Å². The van der Waals surface area contributed by atoms with Gasteiger partial charge in [0.25, 0.3) is 0 Å². The Hall–Kier alpha value is -6.32. The zero-order valence-corrected chi connectivity index (χ0v) is 25.6. The van der Waals surface area contributed by atoms with Gasteiger partial charge in [-0.3, -0.25) is 4.57 Å². The molecule has 0 aliphatic carbocycles. The van der Waals surface area contributed by atoms with Crippen molar-refractivity contribution >= 4 is 32.7 Å². The maximum Gasteiger partial charge on any atom is 0.145 e. The molecule has 2 aromatic heterocycles. The summed E-state index contributed by atoms with van der Waals surface area (Å²) in [5.74, 6) is 0.929. The van der Waals surface area contributed by atoms with Gasteiger partial charge in [-0.05, 0) is 58.7 Å². The molecule has 3 nitrogen and oxygen atoms in total. The van der Waals surface area contributed by atoms with Crippen LogP contribution in [0.3, 0.4) is 0 Å². The zero-order chi connectivity index (χ0) is 31.2. The molecule has 0 atom stereocenters. The summed E-state index contributed by atoms with van der Waals surface area (Å²) in [5, 5.41) is 3.52. The molecule has 0 radical (unpaired) electrons. The Morgan fingerprint density at radius 2 is 1.02 bits per heavy atom. The number of hydrogen-bond donors (Lipinski definition) is 0. The van der Waals surface area contributed by atoms with Gasteiger partial charge in [-0.25, -0.2) is 9.97 Å². The summed E-state index contributed by atoms with van der Waals surface area (Å²) in [6, 6.07) is 62.0. The van der Waals surface area contributed by atoms with Crippen molar-refractivity contribution in [2.45, 2.75) is 0 Å². The van der Waals surface area contributed by atoms with Crippen LogP contribution >= 0.6 is 0 Å². The molecule has 0 saturated heterocycles. The molecular formula is C44H29N3. The van der Waals surface area contributed by atoms with Crippen LogP contribution < -0.4 is 0 Å². The van der Waals surface area contributed by atoms with E-state index in [4.69, 9.17) is 9.97 Å². The Balaban J connectivity index is 1.21. The Morgan fingerprint density at radius 1 is 0.383 bits per heavy atom. The number of pyridine rings is 1. The van der Waals surface area contributed by atoms with Gasteiger partial charge in [0.15, 0.2) is 0 Å². The first kappa shape index (κ1) is 27.0.